The molecule has 3 rings (SSSR count). The molecule has 0 bridgehead atoms. The van der Waals surface area contributed by atoms with Gasteiger partial charge in [0.1, 0.15) is 6.10 Å². The largest absolute Gasteiger partial charge is 0.370 e. The van der Waals surface area contributed by atoms with E-state index in [4.69, 9.17) is 27.9 Å². The molecule has 1 aliphatic heterocycles. The number of halogens is 2. The van der Waals surface area contributed by atoms with E-state index in [1.54, 1.807) is 11.0 Å². The minimum atomic E-state index is -0.238. The Bertz CT molecular complexity index is 731. The van der Waals surface area contributed by atoms with Gasteiger partial charge in [0.25, 0.3) is 0 Å². The summed E-state index contributed by atoms with van der Waals surface area (Å²) < 4.78 is 5.78. The molecule has 0 aromatic heterocycles. The minimum Gasteiger partial charge on any atom is -0.370 e. The number of ether oxygens (including phenoxy) is 1. The van der Waals surface area contributed by atoms with Crippen LogP contribution in [0.1, 0.15) is 17.2 Å². The van der Waals surface area contributed by atoms with E-state index in [-0.39, 0.29) is 12.1 Å². The average molecular weight is 365 g/mol. The number of hydrogen-bond donors (Lipinski definition) is 1. The zero-order chi connectivity index (χ0) is 17.1. The third-order valence-corrected chi connectivity index (χ3v) is 4.32. The second kappa shape index (κ2) is 7.43. The number of hydrogen-bond acceptors (Lipinski definition) is 2. The Hall–Kier alpha value is -1.75. The molecule has 1 saturated heterocycles. The number of anilines is 1. The van der Waals surface area contributed by atoms with Crippen LogP contribution in [-0.4, -0.2) is 30.6 Å². The fourth-order valence-corrected chi connectivity index (χ4v) is 3.26. The first-order valence-corrected chi connectivity index (χ1v) is 8.47. The Morgan fingerprint density at radius 2 is 1.96 bits per heavy atom. The molecule has 2 aromatic rings. The lowest BCUT2D eigenvalue weighted by Crippen LogP contribution is -2.44. The number of morpholine rings is 1. The van der Waals surface area contributed by atoms with Crippen LogP contribution in [0.5, 0.6) is 0 Å². The number of rotatable bonds is 2. The molecule has 1 heterocycles. The summed E-state index contributed by atoms with van der Waals surface area (Å²) in [5.41, 5.74) is 2.76. The first-order valence-electron chi connectivity index (χ1n) is 7.71. The van der Waals surface area contributed by atoms with Crippen molar-refractivity contribution in [2.45, 2.75) is 13.0 Å². The van der Waals surface area contributed by atoms with Gasteiger partial charge in [0.15, 0.2) is 0 Å². The predicted molar refractivity (Wildman–Crippen MR) is 96.9 cm³/mol. The topological polar surface area (TPSA) is 41.6 Å². The van der Waals surface area contributed by atoms with Crippen molar-refractivity contribution in [1.29, 1.82) is 0 Å². The van der Waals surface area contributed by atoms with Gasteiger partial charge in [0, 0.05) is 22.3 Å². The monoisotopic (exact) mass is 364 g/mol. The van der Waals surface area contributed by atoms with Gasteiger partial charge >= 0.3 is 6.03 Å². The molecule has 4 nitrogen and oxygen atoms in total. The maximum absolute atomic E-state index is 12.5. The van der Waals surface area contributed by atoms with E-state index >= 15 is 0 Å². The van der Waals surface area contributed by atoms with Crippen LogP contribution in [0.15, 0.2) is 42.5 Å². The summed E-state index contributed by atoms with van der Waals surface area (Å²) in [4.78, 5) is 14.2. The Morgan fingerprint density at radius 3 is 2.67 bits per heavy atom. The Balaban J connectivity index is 1.69. The Morgan fingerprint density at radius 1 is 1.21 bits per heavy atom. The molecule has 1 aliphatic rings. The summed E-state index contributed by atoms with van der Waals surface area (Å²) in [6.45, 7) is 3.45. The summed E-state index contributed by atoms with van der Waals surface area (Å²) in [5, 5.41) is 4.04. The minimum absolute atomic E-state index is 0.137. The van der Waals surface area contributed by atoms with Crippen LogP contribution in [-0.2, 0) is 4.74 Å². The summed E-state index contributed by atoms with van der Waals surface area (Å²) >= 11 is 12.1. The lowest BCUT2D eigenvalue weighted by molar-refractivity contribution is -0.0134. The molecule has 1 atom stereocenters. The number of carbonyl (C=O) groups is 1. The number of benzene rings is 2. The predicted octanol–water partition coefficient (Wildman–Crippen LogP) is 4.91. The number of carbonyl (C=O) groups excluding carboxylic acids is 1. The molecule has 2 amide bonds. The van der Waals surface area contributed by atoms with E-state index in [2.05, 4.69) is 5.32 Å². The highest BCUT2D eigenvalue weighted by Crippen LogP contribution is 2.28. The van der Waals surface area contributed by atoms with Crippen LogP contribution in [0.3, 0.4) is 0 Å². The quantitative estimate of drug-likeness (QED) is 0.822. The third-order valence-electron chi connectivity index (χ3n) is 3.88. The van der Waals surface area contributed by atoms with E-state index in [0.29, 0.717) is 29.7 Å². The van der Waals surface area contributed by atoms with Gasteiger partial charge in [-0.05, 0) is 48.4 Å². The fourth-order valence-electron chi connectivity index (χ4n) is 2.72. The first-order chi connectivity index (χ1) is 11.5. The number of nitrogens with zero attached hydrogens (tertiary/aromatic N) is 1. The highest BCUT2D eigenvalue weighted by Gasteiger charge is 2.26. The number of aryl methyl sites for hydroxylation is 1. The van der Waals surface area contributed by atoms with Gasteiger partial charge < -0.3 is 15.0 Å². The van der Waals surface area contributed by atoms with Crippen LogP contribution in [0, 0.1) is 6.92 Å². The lowest BCUT2D eigenvalue weighted by Gasteiger charge is -2.33. The van der Waals surface area contributed by atoms with Crippen LogP contribution in [0.2, 0.25) is 10.0 Å². The molecule has 0 aliphatic carbocycles. The fraction of sp³-hybridized carbons (Fsp3) is 0.278. The van der Waals surface area contributed by atoms with Crippen molar-refractivity contribution in [3.8, 4) is 0 Å². The molecule has 1 N–H and O–H groups in total. The summed E-state index contributed by atoms with van der Waals surface area (Å²) in [5.74, 6) is 0. The van der Waals surface area contributed by atoms with Crippen molar-refractivity contribution in [2.75, 3.05) is 25.0 Å². The van der Waals surface area contributed by atoms with E-state index in [9.17, 15) is 4.79 Å². The molecule has 0 spiro atoms. The zero-order valence-electron chi connectivity index (χ0n) is 13.3. The molecule has 24 heavy (non-hydrogen) atoms. The third kappa shape index (κ3) is 4.20. The highest BCUT2D eigenvalue weighted by atomic mass is 35.5. The SMILES string of the molecule is Cc1cccc(NC(=O)N2CCOC(c3cc(Cl)cc(Cl)c3)C2)c1. The van der Waals surface area contributed by atoms with E-state index in [1.807, 2.05) is 43.3 Å². The van der Waals surface area contributed by atoms with E-state index in [0.717, 1.165) is 16.8 Å². The normalized spacial score (nSPS) is 17.6. The molecular formula is C18H18Cl2N2O2. The maximum Gasteiger partial charge on any atom is 0.322 e. The Kier molecular flexibility index (Phi) is 5.29. The second-order valence-electron chi connectivity index (χ2n) is 5.81. The Labute approximate surface area is 151 Å². The standard InChI is InChI=1S/C18H18Cl2N2O2/c1-12-3-2-4-16(7-12)21-18(23)22-5-6-24-17(11-22)13-8-14(19)10-15(20)9-13/h2-4,7-10,17H,5-6,11H2,1H3,(H,21,23). The smallest absolute Gasteiger partial charge is 0.322 e. The second-order valence-corrected chi connectivity index (χ2v) is 6.68. The molecular weight excluding hydrogens is 347 g/mol. The van der Waals surface area contributed by atoms with Crippen LogP contribution >= 0.6 is 23.2 Å². The van der Waals surface area contributed by atoms with Crippen molar-refractivity contribution >= 4 is 34.9 Å². The summed E-state index contributed by atoms with van der Waals surface area (Å²) in [6, 6.07) is 12.9. The van der Waals surface area contributed by atoms with Gasteiger partial charge in [-0.2, -0.15) is 0 Å². The average Bonchev–Trinajstić information content (AvgIpc) is 2.54. The van der Waals surface area contributed by atoms with Crippen molar-refractivity contribution in [1.82, 2.24) is 4.90 Å². The van der Waals surface area contributed by atoms with Crippen LogP contribution in [0.25, 0.3) is 0 Å². The van der Waals surface area contributed by atoms with Crippen molar-refractivity contribution in [2.24, 2.45) is 0 Å². The van der Waals surface area contributed by atoms with Crippen molar-refractivity contribution < 1.29 is 9.53 Å². The van der Waals surface area contributed by atoms with Gasteiger partial charge in [0.05, 0.1) is 13.2 Å². The maximum atomic E-state index is 12.5. The van der Waals surface area contributed by atoms with E-state index in [1.165, 1.54) is 0 Å². The molecule has 126 valence electrons. The zero-order valence-corrected chi connectivity index (χ0v) is 14.8. The van der Waals surface area contributed by atoms with Gasteiger partial charge in [-0.25, -0.2) is 4.79 Å². The molecule has 1 unspecified atom stereocenters. The van der Waals surface area contributed by atoms with Crippen molar-refractivity contribution in [3.63, 3.8) is 0 Å². The van der Waals surface area contributed by atoms with Crippen molar-refractivity contribution in [3.05, 3.63) is 63.6 Å². The molecule has 0 radical (unpaired) electrons. The summed E-state index contributed by atoms with van der Waals surface area (Å²) in [7, 11) is 0. The lowest BCUT2D eigenvalue weighted by atomic mass is 10.1. The number of nitrogens with one attached hydrogen (secondary N) is 1. The van der Waals surface area contributed by atoms with Gasteiger partial charge in [0.2, 0.25) is 0 Å². The number of amides is 2. The number of urea groups is 1. The van der Waals surface area contributed by atoms with Gasteiger partial charge in [-0.1, -0.05) is 35.3 Å². The molecule has 2 aromatic carbocycles. The molecule has 6 heteroatoms. The first kappa shape index (κ1) is 17.1. The van der Waals surface area contributed by atoms with E-state index < -0.39 is 0 Å². The van der Waals surface area contributed by atoms with Crippen LogP contribution < -0.4 is 5.32 Å². The highest BCUT2D eigenvalue weighted by molar-refractivity contribution is 6.34. The molecule has 1 fully saturated rings. The summed E-state index contributed by atoms with van der Waals surface area (Å²) in [6.07, 6.45) is -0.238. The van der Waals surface area contributed by atoms with Gasteiger partial charge in [-0.3, -0.25) is 0 Å². The van der Waals surface area contributed by atoms with Gasteiger partial charge in [-0.15, -0.1) is 0 Å². The molecule has 0 saturated carbocycles. The van der Waals surface area contributed by atoms with Crippen LogP contribution in [0.4, 0.5) is 10.5 Å².